The first kappa shape index (κ1) is 12.3. The molecule has 0 unspecified atom stereocenters. The molecule has 17 heavy (non-hydrogen) atoms. The van der Waals surface area contributed by atoms with Crippen molar-refractivity contribution in [2.24, 2.45) is 0 Å². The van der Waals surface area contributed by atoms with Crippen LogP contribution in [0.5, 0.6) is 0 Å². The van der Waals surface area contributed by atoms with Crippen LogP contribution in [-0.2, 0) is 6.54 Å². The van der Waals surface area contributed by atoms with E-state index in [9.17, 15) is 4.39 Å². The Kier molecular flexibility index (Phi) is 3.92. The summed E-state index contributed by atoms with van der Waals surface area (Å²) in [6.07, 6.45) is 0. The molecule has 2 rings (SSSR count). The zero-order chi connectivity index (χ0) is 12.3. The molecular formula is C14H13BrFN. The normalized spacial score (nSPS) is 10.5. The van der Waals surface area contributed by atoms with Crippen molar-refractivity contribution in [3.63, 3.8) is 0 Å². The van der Waals surface area contributed by atoms with Crippen LogP contribution in [0.2, 0.25) is 0 Å². The van der Waals surface area contributed by atoms with Crippen molar-refractivity contribution in [1.29, 1.82) is 0 Å². The molecule has 0 aromatic heterocycles. The Balaban J connectivity index is 2.36. The van der Waals surface area contributed by atoms with Crippen LogP contribution in [0.1, 0.15) is 5.56 Å². The van der Waals surface area contributed by atoms with Gasteiger partial charge in [0.25, 0.3) is 0 Å². The van der Waals surface area contributed by atoms with Crippen LogP contribution in [0.15, 0.2) is 46.9 Å². The lowest BCUT2D eigenvalue weighted by Gasteiger charge is -2.06. The molecule has 0 radical (unpaired) electrons. The third kappa shape index (κ3) is 2.93. The minimum atomic E-state index is -0.180. The molecule has 1 nitrogen and oxygen atoms in total. The van der Waals surface area contributed by atoms with Crippen molar-refractivity contribution in [2.75, 3.05) is 7.05 Å². The summed E-state index contributed by atoms with van der Waals surface area (Å²) in [5, 5.41) is 3.01. The van der Waals surface area contributed by atoms with Crippen LogP contribution in [0, 0.1) is 5.82 Å². The lowest BCUT2D eigenvalue weighted by atomic mass is 10.0. The summed E-state index contributed by atoms with van der Waals surface area (Å²) < 4.78 is 14.9. The van der Waals surface area contributed by atoms with Crippen molar-refractivity contribution in [3.05, 3.63) is 58.3 Å². The molecule has 0 amide bonds. The highest BCUT2D eigenvalue weighted by atomic mass is 79.9. The summed E-state index contributed by atoms with van der Waals surface area (Å²) in [5.74, 6) is -0.180. The van der Waals surface area contributed by atoms with Crippen LogP contribution in [0.3, 0.4) is 0 Å². The lowest BCUT2D eigenvalue weighted by Crippen LogP contribution is -2.05. The van der Waals surface area contributed by atoms with Crippen molar-refractivity contribution >= 4 is 15.9 Å². The number of halogens is 2. The van der Waals surface area contributed by atoms with E-state index in [0.717, 1.165) is 15.6 Å². The third-order valence-electron chi connectivity index (χ3n) is 2.57. The van der Waals surface area contributed by atoms with Gasteiger partial charge in [-0.2, -0.15) is 0 Å². The van der Waals surface area contributed by atoms with Crippen LogP contribution < -0.4 is 5.32 Å². The molecule has 88 valence electrons. The summed E-state index contributed by atoms with van der Waals surface area (Å²) >= 11 is 3.37. The number of hydrogen-bond donors (Lipinski definition) is 1. The Labute approximate surface area is 109 Å². The molecular weight excluding hydrogens is 281 g/mol. The zero-order valence-corrected chi connectivity index (χ0v) is 11.1. The molecule has 0 atom stereocenters. The predicted molar refractivity (Wildman–Crippen MR) is 72.3 cm³/mol. The largest absolute Gasteiger partial charge is 0.316 e. The molecule has 0 aliphatic heterocycles. The van der Waals surface area contributed by atoms with E-state index in [1.165, 1.54) is 0 Å². The van der Waals surface area contributed by atoms with Crippen LogP contribution in [-0.4, -0.2) is 7.05 Å². The second-order valence-electron chi connectivity index (χ2n) is 3.85. The fourth-order valence-corrected chi connectivity index (χ4v) is 2.00. The maximum absolute atomic E-state index is 13.9. The molecule has 0 saturated carbocycles. The van der Waals surface area contributed by atoms with Gasteiger partial charge in [-0.3, -0.25) is 0 Å². The van der Waals surface area contributed by atoms with Gasteiger partial charge in [0, 0.05) is 16.6 Å². The van der Waals surface area contributed by atoms with E-state index in [-0.39, 0.29) is 5.82 Å². The average Bonchev–Trinajstić information content (AvgIpc) is 2.31. The topological polar surface area (TPSA) is 12.0 Å². The highest BCUT2D eigenvalue weighted by Crippen LogP contribution is 2.25. The summed E-state index contributed by atoms with van der Waals surface area (Å²) in [5.41, 5.74) is 2.48. The monoisotopic (exact) mass is 293 g/mol. The molecule has 0 spiro atoms. The first-order valence-electron chi connectivity index (χ1n) is 5.39. The van der Waals surface area contributed by atoms with E-state index in [2.05, 4.69) is 21.2 Å². The third-order valence-corrected chi connectivity index (χ3v) is 3.10. The Hall–Kier alpha value is -1.19. The van der Waals surface area contributed by atoms with E-state index < -0.39 is 0 Å². The molecule has 0 bridgehead atoms. The number of hydrogen-bond acceptors (Lipinski definition) is 1. The van der Waals surface area contributed by atoms with E-state index in [4.69, 9.17) is 0 Å². The Morgan fingerprint density at radius 2 is 1.82 bits per heavy atom. The van der Waals surface area contributed by atoms with Gasteiger partial charge in [-0.05, 0) is 36.4 Å². The average molecular weight is 294 g/mol. The summed E-state index contributed by atoms with van der Waals surface area (Å²) in [6, 6.07) is 13.0. The minimum Gasteiger partial charge on any atom is -0.316 e. The first-order chi connectivity index (χ1) is 8.20. The van der Waals surface area contributed by atoms with Gasteiger partial charge in [-0.15, -0.1) is 0 Å². The quantitative estimate of drug-likeness (QED) is 0.903. The summed E-state index contributed by atoms with van der Waals surface area (Å²) in [4.78, 5) is 0. The van der Waals surface area contributed by atoms with Crippen molar-refractivity contribution in [1.82, 2.24) is 5.32 Å². The molecule has 0 saturated heterocycles. The van der Waals surface area contributed by atoms with Crippen LogP contribution in [0.25, 0.3) is 11.1 Å². The van der Waals surface area contributed by atoms with Gasteiger partial charge in [0.1, 0.15) is 5.82 Å². The summed E-state index contributed by atoms with van der Waals surface area (Å²) in [6.45, 7) is 0.678. The smallest absolute Gasteiger partial charge is 0.131 e. The SMILES string of the molecule is CNCc1ccc(-c2ccc(Br)cc2)c(F)c1. The lowest BCUT2D eigenvalue weighted by molar-refractivity contribution is 0.627. The van der Waals surface area contributed by atoms with E-state index in [1.54, 1.807) is 6.07 Å². The molecule has 0 aliphatic rings. The van der Waals surface area contributed by atoms with Gasteiger partial charge < -0.3 is 5.32 Å². The predicted octanol–water partition coefficient (Wildman–Crippen LogP) is 3.97. The maximum atomic E-state index is 13.9. The molecule has 3 heteroatoms. The van der Waals surface area contributed by atoms with E-state index >= 15 is 0 Å². The Morgan fingerprint density at radius 1 is 1.12 bits per heavy atom. The van der Waals surface area contributed by atoms with Gasteiger partial charge in [0.2, 0.25) is 0 Å². The van der Waals surface area contributed by atoms with Crippen molar-refractivity contribution in [3.8, 4) is 11.1 Å². The summed E-state index contributed by atoms with van der Waals surface area (Å²) in [7, 11) is 1.85. The highest BCUT2D eigenvalue weighted by Gasteiger charge is 2.05. The van der Waals surface area contributed by atoms with Crippen LogP contribution in [0.4, 0.5) is 4.39 Å². The van der Waals surface area contributed by atoms with E-state index in [0.29, 0.717) is 12.1 Å². The fourth-order valence-electron chi connectivity index (χ4n) is 1.74. The fraction of sp³-hybridized carbons (Fsp3) is 0.143. The number of nitrogens with one attached hydrogen (secondary N) is 1. The minimum absolute atomic E-state index is 0.180. The van der Waals surface area contributed by atoms with Crippen molar-refractivity contribution in [2.45, 2.75) is 6.54 Å². The number of benzene rings is 2. The van der Waals surface area contributed by atoms with Gasteiger partial charge in [0.05, 0.1) is 0 Å². The van der Waals surface area contributed by atoms with Crippen LogP contribution >= 0.6 is 15.9 Å². The highest BCUT2D eigenvalue weighted by molar-refractivity contribution is 9.10. The molecule has 0 aliphatic carbocycles. The number of rotatable bonds is 3. The van der Waals surface area contributed by atoms with Gasteiger partial charge in [0.15, 0.2) is 0 Å². The van der Waals surface area contributed by atoms with Gasteiger partial charge >= 0.3 is 0 Å². The second kappa shape index (κ2) is 5.43. The first-order valence-corrected chi connectivity index (χ1v) is 6.19. The molecule has 0 fully saturated rings. The molecule has 0 heterocycles. The molecule has 2 aromatic carbocycles. The maximum Gasteiger partial charge on any atom is 0.131 e. The Morgan fingerprint density at radius 3 is 2.41 bits per heavy atom. The molecule has 2 aromatic rings. The van der Waals surface area contributed by atoms with E-state index in [1.807, 2.05) is 43.4 Å². The second-order valence-corrected chi connectivity index (χ2v) is 4.77. The van der Waals surface area contributed by atoms with Gasteiger partial charge in [-0.25, -0.2) is 4.39 Å². The Bertz CT molecular complexity index is 508. The van der Waals surface area contributed by atoms with Crippen molar-refractivity contribution < 1.29 is 4.39 Å². The molecule has 1 N–H and O–H groups in total. The van der Waals surface area contributed by atoms with Gasteiger partial charge in [-0.1, -0.05) is 40.2 Å². The standard InChI is InChI=1S/C14H13BrFN/c1-17-9-10-2-7-13(14(16)8-10)11-3-5-12(15)6-4-11/h2-8,17H,9H2,1H3. The zero-order valence-electron chi connectivity index (χ0n) is 9.50.